The van der Waals surface area contributed by atoms with Crippen LogP contribution in [0.5, 0.6) is 0 Å². The Balaban J connectivity index is 2.05. The molecule has 0 spiro atoms. The predicted octanol–water partition coefficient (Wildman–Crippen LogP) is 2.89. The van der Waals surface area contributed by atoms with Crippen LogP contribution in [0.2, 0.25) is 0 Å². The average Bonchev–Trinajstić information content (AvgIpc) is 3.00. The Morgan fingerprint density at radius 3 is 2.37 bits per heavy atom. The molecule has 3 rings (SSSR count). The minimum atomic E-state index is -4.92. The molecule has 1 aromatic rings. The van der Waals surface area contributed by atoms with Crippen LogP contribution in [0.1, 0.15) is 24.5 Å². The van der Waals surface area contributed by atoms with E-state index in [0.29, 0.717) is 14.8 Å². The third-order valence-electron chi connectivity index (χ3n) is 4.09. The van der Waals surface area contributed by atoms with E-state index in [2.05, 4.69) is 5.10 Å². The van der Waals surface area contributed by atoms with Crippen LogP contribution >= 0.6 is 0 Å². The molecule has 144 valence electrons. The number of carbonyl (C=O) groups excluding carboxylic acids is 1. The van der Waals surface area contributed by atoms with Gasteiger partial charge in [-0.25, -0.2) is 0 Å². The number of anilines is 1. The van der Waals surface area contributed by atoms with Crippen LogP contribution < -0.4 is 4.31 Å². The summed E-state index contributed by atoms with van der Waals surface area (Å²) in [4.78, 5) is 12.6. The lowest BCUT2D eigenvalue weighted by Crippen LogP contribution is -2.43. The first kappa shape index (κ1) is 19.3. The van der Waals surface area contributed by atoms with Crippen LogP contribution in [0.4, 0.5) is 32.0 Å². The molecule has 0 bridgehead atoms. The SMILES string of the molecule is C[C@]12CC(C(F)(F)F)=NN1[S+]([O-])N(c1ccc(C#N)c(C(F)(F)F)c1)C2=O. The number of hydrazone groups is 1. The zero-order valence-electron chi connectivity index (χ0n) is 13.2. The zero-order chi connectivity index (χ0) is 20.4. The first-order chi connectivity index (χ1) is 12.3. The molecule has 2 aliphatic heterocycles. The monoisotopic (exact) mass is 410 g/mol. The number of rotatable bonds is 1. The summed E-state index contributed by atoms with van der Waals surface area (Å²) in [6, 6.07) is 3.56. The first-order valence-corrected chi connectivity index (χ1v) is 8.20. The predicted molar refractivity (Wildman–Crippen MR) is 80.1 cm³/mol. The van der Waals surface area contributed by atoms with Crippen molar-refractivity contribution in [2.24, 2.45) is 5.10 Å². The van der Waals surface area contributed by atoms with Crippen molar-refractivity contribution >= 4 is 28.9 Å². The van der Waals surface area contributed by atoms with Crippen LogP contribution in [0, 0.1) is 11.3 Å². The van der Waals surface area contributed by atoms with Gasteiger partial charge in [0.1, 0.15) is 5.71 Å². The Hall–Kier alpha value is -2.46. The molecule has 0 N–H and O–H groups in total. The molecule has 1 amide bonds. The van der Waals surface area contributed by atoms with Crippen molar-refractivity contribution in [3.63, 3.8) is 0 Å². The number of fused-ring (bicyclic) bond motifs is 1. The molecule has 6 nitrogen and oxygen atoms in total. The Morgan fingerprint density at radius 2 is 1.89 bits per heavy atom. The molecule has 1 unspecified atom stereocenters. The minimum absolute atomic E-state index is 0.434. The quantitative estimate of drug-likeness (QED) is 0.527. The lowest BCUT2D eigenvalue weighted by atomic mass is 9.95. The lowest BCUT2D eigenvalue weighted by Gasteiger charge is -2.19. The van der Waals surface area contributed by atoms with E-state index in [1.54, 1.807) is 0 Å². The smallest absolute Gasteiger partial charge is 0.431 e. The number of nitrogens with zero attached hydrogens (tertiary/aromatic N) is 4. The molecule has 13 heteroatoms. The number of alkyl halides is 6. The zero-order valence-corrected chi connectivity index (χ0v) is 14.0. The van der Waals surface area contributed by atoms with Gasteiger partial charge in [0.15, 0.2) is 5.54 Å². The molecule has 0 saturated carbocycles. The van der Waals surface area contributed by atoms with Crippen molar-refractivity contribution in [1.29, 1.82) is 5.26 Å². The van der Waals surface area contributed by atoms with E-state index < -0.39 is 64.3 Å². The van der Waals surface area contributed by atoms with Gasteiger partial charge in [-0.05, 0) is 25.1 Å². The normalized spacial score (nSPS) is 25.5. The Morgan fingerprint density at radius 1 is 1.26 bits per heavy atom. The van der Waals surface area contributed by atoms with Crippen LogP contribution in [-0.4, -0.2) is 32.3 Å². The highest BCUT2D eigenvalue weighted by Gasteiger charge is 2.66. The van der Waals surface area contributed by atoms with Crippen molar-refractivity contribution in [3.8, 4) is 6.07 Å². The number of amides is 1. The summed E-state index contributed by atoms with van der Waals surface area (Å²) in [5.74, 6) is -1.10. The van der Waals surface area contributed by atoms with Gasteiger partial charge in [-0.15, -0.1) is 9.41 Å². The van der Waals surface area contributed by atoms with Crippen molar-refractivity contribution in [3.05, 3.63) is 29.3 Å². The highest BCUT2D eigenvalue weighted by Crippen LogP contribution is 2.45. The molecular formula is C14H8F6N4O2S. The summed E-state index contributed by atoms with van der Waals surface area (Å²) in [6.07, 6.45) is -10.6. The molecule has 2 atom stereocenters. The lowest BCUT2D eigenvalue weighted by molar-refractivity contribution is -0.137. The van der Waals surface area contributed by atoms with Gasteiger partial charge in [-0.3, -0.25) is 4.79 Å². The van der Waals surface area contributed by atoms with Crippen LogP contribution in [0.15, 0.2) is 23.3 Å². The van der Waals surface area contributed by atoms with Crippen LogP contribution in [0.3, 0.4) is 0 Å². The standard InChI is InChI=1S/C14H8F6N4O2S/c1-12-5-10(14(18,19)20)22-24(12)27(26)23(11(12)25)8-3-2-7(6-21)9(4-8)13(15,16)17/h2-4H,5H2,1H3/t12-,27?/m1/s1. The maximum Gasteiger partial charge on any atom is 0.431 e. The second-order valence-electron chi connectivity index (χ2n) is 5.94. The third-order valence-corrected chi connectivity index (χ3v) is 5.55. The first-order valence-electron chi connectivity index (χ1n) is 7.13. The molecule has 1 fully saturated rings. The van der Waals surface area contributed by atoms with Gasteiger partial charge in [-0.2, -0.15) is 31.6 Å². The van der Waals surface area contributed by atoms with E-state index in [9.17, 15) is 35.7 Å². The van der Waals surface area contributed by atoms with Gasteiger partial charge < -0.3 is 4.55 Å². The number of hydrogen-bond acceptors (Lipinski definition) is 5. The number of hydrogen-bond donors (Lipinski definition) is 0. The van der Waals surface area contributed by atoms with Crippen molar-refractivity contribution in [2.75, 3.05) is 4.31 Å². The molecule has 0 radical (unpaired) electrons. The van der Waals surface area contributed by atoms with E-state index in [1.165, 1.54) is 6.07 Å². The van der Waals surface area contributed by atoms with Crippen molar-refractivity contribution in [2.45, 2.75) is 31.2 Å². The molecule has 0 aliphatic carbocycles. The van der Waals surface area contributed by atoms with Gasteiger partial charge in [0.2, 0.25) is 11.5 Å². The van der Waals surface area contributed by atoms with Gasteiger partial charge >= 0.3 is 18.3 Å². The fourth-order valence-corrected chi connectivity index (χ4v) is 4.18. The maximum absolute atomic E-state index is 13.1. The summed E-state index contributed by atoms with van der Waals surface area (Å²) >= 11 is -2.61. The highest BCUT2D eigenvalue weighted by atomic mass is 32.2. The summed E-state index contributed by atoms with van der Waals surface area (Å²) in [6.45, 7) is 1.07. The molecular weight excluding hydrogens is 402 g/mol. The Kier molecular flexibility index (Phi) is 4.12. The average molecular weight is 410 g/mol. The summed E-state index contributed by atoms with van der Waals surface area (Å²) < 4.78 is 91.2. The molecule has 2 aliphatic rings. The summed E-state index contributed by atoms with van der Waals surface area (Å²) in [5.41, 5.74) is -5.79. The summed E-state index contributed by atoms with van der Waals surface area (Å²) in [5, 5.41) is 12.0. The number of carbonyl (C=O) groups is 1. The fourth-order valence-electron chi connectivity index (χ4n) is 2.74. The molecule has 1 aromatic carbocycles. The number of benzene rings is 1. The Bertz CT molecular complexity index is 893. The van der Waals surface area contributed by atoms with Gasteiger partial charge in [0.25, 0.3) is 0 Å². The van der Waals surface area contributed by atoms with E-state index >= 15 is 0 Å². The van der Waals surface area contributed by atoms with Crippen LogP contribution in [0.25, 0.3) is 0 Å². The van der Waals surface area contributed by atoms with Gasteiger partial charge in [0.05, 0.1) is 22.9 Å². The largest absolute Gasteiger partial charge is 0.566 e. The van der Waals surface area contributed by atoms with E-state index in [1.807, 2.05) is 0 Å². The second-order valence-corrected chi connectivity index (χ2v) is 7.11. The molecule has 1 saturated heterocycles. The fraction of sp³-hybridized carbons (Fsp3) is 0.357. The van der Waals surface area contributed by atoms with Crippen molar-refractivity contribution < 1.29 is 35.7 Å². The van der Waals surface area contributed by atoms with E-state index in [4.69, 9.17) is 5.26 Å². The highest BCUT2D eigenvalue weighted by molar-refractivity contribution is 7.92. The summed E-state index contributed by atoms with van der Waals surface area (Å²) in [7, 11) is 0. The maximum atomic E-state index is 13.1. The minimum Gasteiger partial charge on any atom is -0.566 e. The number of halogens is 6. The second kappa shape index (κ2) is 5.77. The molecule has 27 heavy (non-hydrogen) atoms. The molecule has 0 aromatic heterocycles. The van der Waals surface area contributed by atoms with Crippen LogP contribution in [-0.2, 0) is 22.5 Å². The van der Waals surface area contributed by atoms with Crippen molar-refractivity contribution in [1.82, 2.24) is 4.41 Å². The van der Waals surface area contributed by atoms with E-state index in [0.717, 1.165) is 19.1 Å². The van der Waals surface area contributed by atoms with Gasteiger partial charge in [0, 0.05) is 6.42 Å². The Labute approximate surface area is 151 Å². The van der Waals surface area contributed by atoms with Gasteiger partial charge in [-0.1, -0.05) is 4.41 Å². The van der Waals surface area contributed by atoms with E-state index in [-0.39, 0.29) is 0 Å². The topological polar surface area (TPSA) is 82.8 Å². The number of nitriles is 1. The molecule has 2 heterocycles. The third kappa shape index (κ3) is 2.88.